The molecule has 0 amide bonds. The molecule has 0 aromatic carbocycles. The number of rotatable bonds is 6. The summed E-state index contributed by atoms with van der Waals surface area (Å²) in [4.78, 5) is 7.08. The molecular weight excluding hydrogens is 224 g/mol. The highest BCUT2D eigenvalue weighted by atomic mass is 15.2. The summed E-state index contributed by atoms with van der Waals surface area (Å²) < 4.78 is 0. The molecule has 1 saturated heterocycles. The van der Waals surface area contributed by atoms with Crippen molar-refractivity contribution in [1.29, 1.82) is 0 Å². The van der Waals surface area contributed by atoms with Crippen LogP contribution in [0, 0.1) is 0 Å². The van der Waals surface area contributed by atoms with Crippen LogP contribution in [0.2, 0.25) is 0 Å². The fourth-order valence-corrected chi connectivity index (χ4v) is 2.58. The Labute approximate surface area is 110 Å². The molecule has 1 unspecified atom stereocenters. The molecule has 0 bridgehead atoms. The highest BCUT2D eigenvalue weighted by molar-refractivity contribution is 5.45. The van der Waals surface area contributed by atoms with Crippen molar-refractivity contribution >= 4 is 11.6 Å². The van der Waals surface area contributed by atoms with Crippen molar-refractivity contribution in [1.82, 2.24) is 9.88 Å². The van der Waals surface area contributed by atoms with Gasteiger partial charge in [-0.25, -0.2) is 4.98 Å². The van der Waals surface area contributed by atoms with Crippen LogP contribution >= 0.6 is 0 Å². The van der Waals surface area contributed by atoms with Crippen molar-refractivity contribution < 1.29 is 0 Å². The number of likely N-dealkylation sites (tertiary alicyclic amines) is 1. The van der Waals surface area contributed by atoms with Gasteiger partial charge in [0.1, 0.15) is 11.6 Å². The fourth-order valence-electron chi connectivity index (χ4n) is 2.58. The average Bonchev–Trinajstić information content (AvgIpc) is 2.84. The van der Waals surface area contributed by atoms with Crippen LogP contribution in [0.1, 0.15) is 26.7 Å². The summed E-state index contributed by atoms with van der Waals surface area (Å²) in [5.74, 6) is 1.91. The summed E-state index contributed by atoms with van der Waals surface area (Å²) >= 11 is 0. The Morgan fingerprint density at radius 1 is 1.28 bits per heavy atom. The molecule has 18 heavy (non-hydrogen) atoms. The predicted molar refractivity (Wildman–Crippen MR) is 77.2 cm³/mol. The van der Waals surface area contributed by atoms with Crippen LogP contribution in [0.15, 0.2) is 18.2 Å². The molecule has 1 fully saturated rings. The molecule has 0 radical (unpaired) electrons. The van der Waals surface area contributed by atoms with Gasteiger partial charge in [-0.05, 0) is 45.0 Å². The number of hydrogen-bond acceptors (Lipinski definition) is 4. The van der Waals surface area contributed by atoms with Gasteiger partial charge in [0.2, 0.25) is 0 Å². The minimum atomic E-state index is 0.666. The van der Waals surface area contributed by atoms with Crippen molar-refractivity contribution in [3.05, 3.63) is 18.2 Å². The smallest absolute Gasteiger partial charge is 0.128 e. The van der Waals surface area contributed by atoms with Gasteiger partial charge in [-0.1, -0.05) is 13.0 Å². The Bertz CT molecular complexity index is 367. The minimum absolute atomic E-state index is 0.666. The molecule has 4 heteroatoms. The van der Waals surface area contributed by atoms with Gasteiger partial charge in [0.15, 0.2) is 0 Å². The van der Waals surface area contributed by atoms with Gasteiger partial charge < -0.3 is 10.6 Å². The zero-order valence-corrected chi connectivity index (χ0v) is 11.4. The first-order valence-electron chi connectivity index (χ1n) is 7.02. The number of aromatic nitrogens is 1. The van der Waals surface area contributed by atoms with Crippen LogP contribution in [-0.4, -0.2) is 42.1 Å². The van der Waals surface area contributed by atoms with E-state index in [2.05, 4.69) is 34.4 Å². The Morgan fingerprint density at radius 3 is 2.78 bits per heavy atom. The topological polar surface area (TPSA) is 40.2 Å². The van der Waals surface area contributed by atoms with Crippen molar-refractivity contribution in [3.8, 4) is 0 Å². The SMILES string of the molecule is CCNc1cccc(NCC2CCCN2CC)n1. The van der Waals surface area contributed by atoms with Crippen molar-refractivity contribution in [2.45, 2.75) is 32.7 Å². The van der Waals surface area contributed by atoms with E-state index in [1.165, 1.54) is 19.4 Å². The van der Waals surface area contributed by atoms with E-state index in [1.807, 2.05) is 18.2 Å². The number of hydrogen-bond donors (Lipinski definition) is 2. The first kappa shape index (κ1) is 13.1. The number of nitrogens with zero attached hydrogens (tertiary/aromatic N) is 2. The number of pyridine rings is 1. The largest absolute Gasteiger partial charge is 0.370 e. The quantitative estimate of drug-likeness (QED) is 0.811. The lowest BCUT2D eigenvalue weighted by Gasteiger charge is -2.23. The van der Waals surface area contributed by atoms with E-state index in [9.17, 15) is 0 Å². The first-order chi connectivity index (χ1) is 8.83. The fraction of sp³-hybridized carbons (Fsp3) is 0.643. The summed E-state index contributed by atoms with van der Waals surface area (Å²) in [5.41, 5.74) is 0. The zero-order valence-electron chi connectivity index (χ0n) is 11.4. The molecule has 0 aliphatic carbocycles. The third-order valence-electron chi connectivity index (χ3n) is 3.53. The number of likely N-dealkylation sites (N-methyl/N-ethyl adjacent to an activating group) is 1. The molecule has 100 valence electrons. The lowest BCUT2D eigenvalue weighted by molar-refractivity contribution is 0.277. The number of anilines is 2. The summed E-state index contributed by atoms with van der Waals surface area (Å²) in [6.45, 7) is 8.62. The second kappa shape index (κ2) is 6.59. The highest BCUT2D eigenvalue weighted by Crippen LogP contribution is 2.17. The van der Waals surface area contributed by atoms with Crippen LogP contribution < -0.4 is 10.6 Å². The van der Waals surface area contributed by atoms with E-state index in [0.29, 0.717) is 6.04 Å². The molecular formula is C14H24N4. The lowest BCUT2D eigenvalue weighted by atomic mass is 10.2. The van der Waals surface area contributed by atoms with Crippen LogP contribution in [0.3, 0.4) is 0 Å². The molecule has 1 aliphatic rings. The third-order valence-corrected chi connectivity index (χ3v) is 3.53. The van der Waals surface area contributed by atoms with E-state index in [1.54, 1.807) is 0 Å². The second-order valence-corrected chi connectivity index (χ2v) is 4.74. The first-order valence-corrected chi connectivity index (χ1v) is 7.02. The molecule has 1 aliphatic heterocycles. The Morgan fingerprint density at radius 2 is 2.06 bits per heavy atom. The molecule has 2 rings (SSSR count). The summed E-state index contributed by atoms with van der Waals surface area (Å²) in [5, 5.41) is 6.69. The normalized spacial score (nSPS) is 20.0. The van der Waals surface area contributed by atoms with Gasteiger partial charge in [-0.2, -0.15) is 0 Å². The van der Waals surface area contributed by atoms with Crippen LogP contribution in [-0.2, 0) is 0 Å². The maximum absolute atomic E-state index is 4.53. The third kappa shape index (κ3) is 3.35. The van der Waals surface area contributed by atoms with Gasteiger partial charge >= 0.3 is 0 Å². The zero-order chi connectivity index (χ0) is 12.8. The summed E-state index contributed by atoms with van der Waals surface area (Å²) in [6.07, 6.45) is 2.62. The predicted octanol–water partition coefficient (Wildman–Crippen LogP) is 2.41. The molecule has 1 aromatic rings. The molecule has 0 saturated carbocycles. The van der Waals surface area contributed by atoms with Gasteiger partial charge in [0.05, 0.1) is 0 Å². The molecule has 0 spiro atoms. The van der Waals surface area contributed by atoms with Crippen molar-refractivity contribution in [2.24, 2.45) is 0 Å². The number of nitrogens with one attached hydrogen (secondary N) is 2. The Kier molecular flexibility index (Phi) is 4.81. The summed E-state index contributed by atoms with van der Waals surface area (Å²) in [7, 11) is 0. The van der Waals surface area contributed by atoms with E-state index < -0.39 is 0 Å². The van der Waals surface area contributed by atoms with Gasteiger partial charge in [-0.3, -0.25) is 4.90 Å². The maximum atomic E-state index is 4.53. The van der Waals surface area contributed by atoms with Crippen molar-refractivity contribution in [3.63, 3.8) is 0 Å². The van der Waals surface area contributed by atoms with E-state index in [4.69, 9.17) is 0 Å². The van der Waals surface area contributed by atoms with Crippen LogP contribution in [0.5, 0.6) is 0 Å². The second-order valence-electron chi connectivity index (χ2n) is 4.74. The van der Waals surface area contributed by atoms with E-state index >= 15 is 0 Å². The molecule has 1 atom stereocenters. The lowest BCUT2D eigenvalue weighted by Crippen LogP contribution is -2.34. The minimum Gasteiger partial charge on any atom is -0.370 e. The van der Waals surface area contributed by atoms with Gasteiger partial charge in [-0.15, -0.1) is 0 Å². The average molecular weight is 248 g/mol. The van der Waals surface area contributed by atoms with Crippen molar-refractivity contribution in [2.75, 3.05) is 36.8 Å². The molecule has 1 aromatic heterocycles. The monoisotopic (exact) mass is 248 g/mol. The standard InChI is InChI=1S/C14H24N4/c1-3-15-13-8-5-9-14(17-13)16-11-12-7-6-10-18(12)4-2/h5,8-9,12H,3-4,6-7,10-11H2,1-2H3,(H2,15,16,17). The van der Waals surface area contributed by atoms with Gasteiger partial charge in [0, 0.05) is 19.1 Å². The summed E-state index contributed by atoms with van der Waals surface area (Å²) in [6, 6.07) is 6.74. The van der Waals surface area contributed by atoms with E-state index in [-0.39, 0.29) is 0 Å². The highest BCUT2D eigenvalue weighted by Gasteiger charge is 2.22. The van der Waals surface area contributed by atoms with Crippen LogP contribution in [0.4, 0.5) is 11.6 Å². The Balaban J connectivity index is 1.87. The maximum Gasteiger partial charge on any atom is 0.128 e. The van der Waals surface area contributed by atoms with E-state index in [0.717, 1.165) is 31.3 Å². The molecule has 2 N–H and O–H groups in total. The Hall–Kier alpha value is -1.29. The molecule has 4 nitrogen and oxygen atoms in total. The van der Waals surface area contributed by atoms with Gasteiger partial charge in [0.25, 0.3) is 0 Å². The molecule has 2 heterocycles. The van der Waals surface area contributed by atoms with Crippen LogP contribution in [0.25, 0.3) is 0 Å².